The van der Waals surface area contributed by atoms with Crippen LogP contribution >= 0.6 is 0 Å². The second kappa shape index (κ2) is 9.45. The zero-order valence-electron chi connectivity index (χ0n) is 17.8. The summed E-state index contributed by atoms with van der Waals surface area (Å²) in [6.45, 7) is 5.80. The molecule has 1 aliphatic rings. The van der Waals surface area contributed by atoms with E-state index < -0.39 is 0 Å². The van der Waals surface area contributed by atoms with E-state index in [0.29, 0.717) is 18.2 Å². The number of ether oxygens (including phenoxy) is 1. The molecule has 0 amide bonds. The molecule has 4 rings (SSSR count). The third kappa shape index (κ3) is 4.58. The summed E-state index contributed by atoms with van der Waals surface area (Å²) in [5.41, 5.74) is 3.82. The molecule has 1 saturated heterocycles. The highest BCUT2D eigenvalue weighted by molar-refractivity contribution is 5.80. The van der Waals surface area contributed by atoms with Gasteiger partial charge < -0.3 is 14.5 Å². The zero-order chi connectivity index (χ0) is 20.9. The maximum Gasteiger partial charge on any atom is 0.336 e. The Morgan fingerprint density at radius 2 is 1.87 bits per heavy atom. The molecule has 1 fully saturated rings. The van der Waals surface area contributed by atoms with Crippen molar-refractivity contribution in [2.75, 3.05) is 26.7 Å². The average Bonchev–Trinajstić information content (AvgIpc) is 3.30. The van der Waals surface area contributed by atoms with Gasteiger partial charge in [0.05, 0.1) is 7.11 Å². The number of nitrogens with one attached hydrogen (secondary N) is 1. The minimum Gasteiger partial charge on any atom is -0.497 e. The number of fused-ring (bicyclic) bond motifs is 1. The van der Waals surface area contributed by atoms with Gasteiger partial charge >= 0.3 is 5.63 Å². The van der Waals surface area contributed by atoms with Crippen molar-refractivity contribution < 1.29 is 9.15 Å². The highest BCUT2D eigenvalue weighted by atomic mass is 16.5. The highest BCUT2D eigenvalue weighted by Crippen LogP contribution is 2.26. The molecule has 3 aromatic rings. The van der Waals surface area contributed by atoms with Crippen molar-refractivity contribution in [3.63, 3.8) is 0 Å². The molecule has 158 valence electrons. The molecule has 30 heavy (non-hydrogen) atoms. The first-order chi connectivity index (χ1) is 14.7. The first-order valence-electron chi connectivity index (χ1n) is 10.8. The number of nitrogens with zero attached hydrogens (tertiary/aromatic N) is 1. The van der Waals surface area contributed by atoms with Gasteiger partial charge in [-0.2, -0.15) is 0 Å². The summed E-state index contributed by atoms with van der Waals surface area (Å²) in [6, 6.07) is 16.4. The van der Waals surface area contributed by atoms with Crippen molar-refractivity contribution in [2.24, 2.45) is 0 Å². The van der Waals surface area contributed by atoms with Crippen LogP contribution in [0, 0.1) is 0 Å². The monoisotopic (exact) mass is 406 g/mol. The lowest BCUT2D eigenvalue weighted by atomic mass is 10.0. The van der Waals surface area contributed by atoms with Gasteiger partial charge in [-0.15, -0.1) is 0 Å². The van der Waals surface area contributed by atoms with Crippen LogP contribution in [-0.2, 0) is 13.0 Å². The van der Waals surface area contributed by atoms with Crippen LogP contribution in [0.25, 0.3) is 11.0 Å². The Hall–Kier alpha value is -2.63. The number of rotatable bonds is 8. The van der Waals surface area contributed by atoms with Gasteiger partial charge in [0.15, 0.2) is 0 Å². The van der Waals surface area contributed by atoms with E-state index in [1.54, 1.807) is 13.2 Å². The van der Waals surface area contributed by atoms with Crippen LogP contribution in [0.3, 0.4) is 0 Å². The van der Waals surface area contributed by atoms with E-state index in [9.17, 15) is 4.79 Å². The number of likely N-dealkylation sites (tertiary alicyclic amines) is 1. The Bertz CT molecular complexity index is 1040. The number of aryl methyl sites for hydroxylation is 1. The summed E-state index contributed by atoms with van der Waals surface area (Å²) in [7, 11) is 1.69. The van der Waals surface area contributed by atoms with Crippen LogP contribution < -0.4 is 15.7 Å². The predicted molar refractivity (Wildman–Crippen MR) is 120 cm³/mol. The van der Waals surface area contributed by atoms with Crippen LogP contribution in [0.15, 0.2) is 57.7 Å². The lowest BCUT2D eigenvalue weighted by Crippen LogP contribution is -2.34. The summed E-state index contributed by atoms with van der Waals surface area (Å²) in [6.07, 6.45) is 3.41. The standard InChI is InChI=1S/C25H30N2O3/c1-3-18-6-11-22-20(15-25(28)30-24(22)14-18)16-26-17-23(27-12-4-5-13-27)19-7-9-21(29-2)10-8-19/h6-11,14-15,23,26H,3-5,12-13,16-17H2,1-2H3/t23-/m0/s1. The molecule has 0 bridgehead atoms. The second-order valence-electron chi connectivity index (χ2n) is 7.94. The molecule has 0 spiro atoms. The topological polar surface area (TPSA) is 54.7 Å². The van der Waals surface area contributed by atoms with Gasteiger partial charge in [0.1, 0.15) is 11.3 Å². The first kappa shape index (κ1) is 20.6. The molecule has 1 atom stereocenters. The van der Waals surface area contributed by atoms with Crippen molar-refractivity contribution >= 4 is 11.0 Å². The van der Waals surface area contributed by atoms with Crippen LogP contribution in [0.2, 0.25) is 0 Å². The smallest absolute Gasteiger partial charge is 0.336 e. The fraction of sp³-hybridized carbons (Fsp3) is 0.400. The van der Waals surface area contributed by atoms with E-state index in [-0.39, 0.29) is 5.63 Å². The summed E-state index contributed by atoms with van der Waals surface area (Å²) >= 11 is 0. The average molecular weight is 407 g/mol. The van der Waals surface area contributed by atoms with Gasteiger partial charge in [0.25, 0.3) is 0 Å². The van der Waals surface area contributed by atoms with Crippen molar-refractivity contribution in [2.45, 2.75) is 38.8 Å². The highest BCUT2D eigenvalue weighted by Gasteiger charge is 2.23. The molecule has 2 aromatic carbocycles. The molecule has 5 heteroatoms. The van der Waals surface area contributed by atoms with E-state index in [0.717, 1.165) is 42.8 Å². The molecule has 1 N–H and O–H groups in total. The fourth-order valence-electron chi connectivity index (χ4n) is 4.32. The quantitative estimate of drug-likeness (QED) is 0.566. The molecule has 1 aliphatic heterocycles. The Kier molecular flexibility index (Phi) is 6.50. The van der Waals surface area contributed by atoms with Gasteiger partial charge in [-0.25, -0.2) is 4.79 Å². The van der Waals surface area contributed by atoms with Gasteiger partial charge in [0.2, 0.25) is 0 Å². The van der Waals surface area contributed by atoms with Crippen LogP contribution in [0.1, 0.15) is 42.5 Å². The number of hydrogen-bond donors (Lipinski definition) is 1. The summed E-state index contributed by atoms with van der Waals surface area (Å²) in [4.78, 5) is 14.6. The van der Waals surface area contributed by atoms with Crippen molar-refractivity contribution in [3.8, 4) is 5.75 Å². The SMILES string of the molecule is CCc1ccc2c(CNC[C@@H](c3ccc(OC)cc3)N3CCCC3)cc(=O)oc2c1. The first-order valence-corrected chi connectivity index (χ1v) is 10.8. The maximum absolute atomic E-state index is 12.1. The lowest BCUT2D eigenvalue weighted by molar-refractivity contribution is 0.238. The van der Waals surface area contributed by atoms with Crippen LogP contribution in [-0.4, -0.2) is 31.6 Å². The van der Waals surface area contributed by atoms with Crippen LogP contribution in [0.5, 0.6) is 5.75 Å². The zero-order valence-corrected chi connectivity index (χ0v) is 17.8. The summed E-state index contributed by atoms with van der Waals surface area (Å²) in [5.74, 6) is 0.876. The van der Waals surface area contributed by atoms with Gasteiger partial charge in [-0.1, -0.05) is 31.2 Å². The maximum atomic E-state index is 12.1. The third-order valence-corrected chi connectivity index (χ3v) is 6.04. The minimum atomic E-state index is -0.293. The Morgan fingerprint density at radius 1 is 1.10 bits per heavy atom. The van der Waals surface area contributed by atoms with Crippen LogP contribution in [0.4, 0.5) is 0 Å². The molecule has 2 heterocycles. The van der Waals surface area contributed by atoms with E-state index >= 15 is 0 Å². The third-order valence-electron chi connectivity index (χ3n) is 6.04. The molecule has 0 saturated carbocycles. The number of methoxy groups -OCH3 is 1. The van der Waals surface area contributed by atoms with Crippen molar-refractivity contribution in [3.05, 3.63) is 75.6 Å². The second-order valence-corrected chi connectivity index (χ2v) is 7.94. The summed E-state index contributed by atoms with van der Waals surface area (Å²) < 4.78 is 10.8. The largest absolute Gasteiger partial charge is 0.497 e. The predicted octanol–water partition coefficient (Wildman–Crippen LogP) is 4.29. The van der Waals surface area contributed by atoms with Gasteiger partial charge in [-0.3, -0.25) is 4.90 Å². The molecular formula is C25H30N2O3. The molecule has 0 aliphatic carbocycles. The minimum absolute atomic E-state index is 0.293. The van der Waals surface area contributed by atoms with Gasteiger partial charge in [-0.05, 0) is 67.2 Å². The molecule has 5 nitrogen and oxygen atoms in total. The molecule has 0 unspecified atom stereocenters. The summed E-state index contributed by atoms with van der Waals surface area (Å²) in [5, 5.41) is 4.60. The molecule has 0 radical (unpaired) electrons. The molecule has 1 aromatic heterocycles. The number of benzene rings is 2. The Labute approximate surface area is 177 Å². The normalized spacial score (nSPS) is 15.5. The van der Waals surface area contributed by atoms with E-state index in [1.807, 2.05) is 18.2 Å². The lowest BCUT2D eigenvalue weighted by Gasteiger charge is -2.28. The van der Waals surface area contributed by atoms with Crippen molar-refractivity contribution in [1.29, 1.82) is 0 Å². The Balaban J connectivity index is 1.52. The van der Waals surface area contributed by atoms with E-state index in [2.05, 4.69) is 41.4 Å². The molecular weight excluding hydrogens is 376 g/mol. The van der Waals surface area contributed by atoms with Crippen molar-refractivity contribution in [1.82, 2.24) is 10.2 Å². The fourth-order valence-corrected chi connectivity index (χ4v) is 4.32. The van der Waals surface area contributed by atoms with E-state index in [1.165, 1.54) is 24.0 Å². The van der Waals surface area contributed by atoms with Gasteiger partial charge in [0, 0.05) is 30.6 Å². The Morgan fingerprint density at radius 3 is 2.57 bits per heavy atom. The van der Waals surface area contributed by atoms with E-state index in [4.69, 9.17) is 9.15 Å². The number of hydrogen-bond acceptors (Lipinski definition) is 5.